The molecule has 3 aromatic carbocycles. The molecule has 0 atom stereocenters. The van der Waals surface area contributed by atoms with Crippen LogP contribution in [0.15, 0.2) is 73.3 Å². The maximum absolute atomic E-state index is 12.3. The Morgan fingerprint density at radius 1 is 0.566 bits per heavy atom. The summed E-state index contributed by atoms with van der Waals surface area (Å²) in [5.41, 5.74) is 1.29. The number of fused-ring (bicyclic) bond motifs is 2. The van der Waals surface area contributed by atoms with Gasteiger partial charge >= 0.3 is 5.97 Å². The molecule has 13 nitrogen and oxygen atoms in total. The first-order valence-corrected chi connectivity index (χ1v) is 18.5. The van der Waals surface area contributed by atoms with Gasteiger partial charge in [-0.15, -0.1) is 0 Å². The summed E-state index contributed by atoms with van der Waals surface area (Å²) < 4.78 is 58.1. The van der Waals surface area contributed by atoms with Crippen molar-refractivity contribution in [1.82, 2.24) is 4.57 Å². The summed E-state index contributed by atoms with van der Waals surface area (Å²) >= 11 is 0. The zero-order chi connectivity index (χ0) is 37.0. The van der Waals surface area contributed by atoms with Gasteiger partial charge in [-0.3, -0.25) is 4.79 Å². The van der Waals surface area contributed by atoms with E-state index in [1.165, 1.54) is 27.1 Å². The first-order valence-electron chi connectivity index (χ1n) is 18.5. The van der Waals surface area contributed by atoms with Crippen molar-refractivity contribution in [3.05, 3.63) is 78.9 Å². The molecule has 0 amide bonds. The van der Waals surface area contributed by atoms with Crippen LogP contribution in [-0.2, 0) is 65.3 Å². The lowest BCUT2D eigenvalue weighted by Gasteiger charge is -2.10. The maximum Gasteiger partial charge on any atom is 0.309 e. The van der Waals surface area contributed by atoms with E-state index >= 15 is 0 Å². The highest BCUT2D eigenvalue weighted by molar-refractivity contribution is 6.02. The van der Waals surface area contributed by atoms with Crippen molar-refractivity contribution in [3.8, 4) is 0 Å². The average Bonchev–Trinajstić information content (AvgIpc) is 3.64. The van der Waals surface area contributed by atoms with Gasteiger partial charge in [0, 0.05) is 12.7 Å². The third-order valence-electron chi connectivity index (χ3n) is 8.07. The van der Waals surface area contributed by atoms with Crippen molar-refractivity contribution >= 4 is 27.5 Å². The van der Waals surface area contributed by atoms with Gasteiger partial charge in [-0.05, 0) is 27.6 Å². The number of aryl methyl sites for hydroxylation is 1. The standard InChI is InChI=1S/C40H57N2O11/c1-44-14-15-45-16-17-46-18-19-47-20-21-48-22-23-49-24-25-50-26-27-51-28-29-52-30-31-53-40(43)10-11-41-12-13-42(34-41)33-39-37-8-4-2-6-35(37)32-36-7-3-5-9-38(36)39/h2-9,12-13,32,34H,10-11,14-31,33H2,1H3/q+1. The van der Waals surface area contributed by atoms with Crippen molar-refractivity contribution in [1.29, 1.82) is 0 Å². The van der Waals surface area contributed by atoms with Gasteiger partial charge in [0.15, 0.2) is 0 Å². The second kappa shape index (κ2) is 27.1. The number of carbonyl (C=O) groups is 1. The van der Waals surface area contributed by atoms with E-state index in [4.69, 9.17) is 47.4 Å². The molecule has 0 N–H and O–H groups in total. The van der Waals surface area contributed by atoms with Crippen LogP contribution in [0.1, 0.15) is 12.0 Å². The number of ether oxygens (including phenoxy) is 10. The Morgan fingerprint density at radius 2 is 0.981 bits per heavy atom. The van der Waals surface area contributed by atoms with Crippen molar-refractivity contribution in [2.24, 2.45) is 0 Å². The Bertz CT molecular complexity index is 1500. The Hall–Kier alpha value is -3.50. The molecule has 0 radical (unpaired) electrons. The summed E-state index contributed by atoms with van der Waals surface area (Å²) in [7, 11) is 1.64. The van der Waals surface area contributed by atoms with Gasteiger partial charge in [0.05, 0.1) is 119 Å². The average molecular weight is 742 g/mol. The second-order valence-corrected chi connectivity index (χ2v) is 12.0. The van der Waals surface area contributed by atoms with E-state index in [9.17, 15) is 4.79 Å². The number of imidazole rings is 1. The molecule has 53 heavy (non-hydrogen) atoms. The van der Waals surface area contributed by atoms with Crippen LogP contribution >= 0.6 is 0 Å². The molecular weight excluding hydrogens is 684 g/mol. The molecule has 0 saturated heterocycles. The van der Waals surface area contributed by atoms with E-state index < -0.39 is 0 Å². The molecule has 0 bridgehead atoms. The number of hydrogen-bond acceptors (Lipinski definition) is 11. The summed E-state index contributed by atoms with van der Waals surface area (Å²) in [6, 6.07) is 19.2. The molecule has 292 valence electrons. The van der Waals surface area contributed by atoms with Crippen LogP contribution in [0, 0.1) is 0 Å². The van der Waals surface area contributed by atoms with E-state index in [0.29, 0.717) is 119 Å². The van der Waals surface area contributed by atoms with Crippen molar-refractivity contribution in [3.63, 3.8) is 0 Å². The Balaban J connectivity index is 0.893. The number of esters is 1. The molecule has 0 aliphatic rings. The smallest absolute Gasteiger partial charge is 0.309 e. The molecule has 4 aromatic rings. The predicted molar refractivity (Wildman–Crippen MR) is 199 cm³/mol. The fourth-order valence-electron chi connectivity index (χ4n) is 5.42. The third kappa shape index (κ3) is 17.5. The molecule has 1 aromatic heterocycles. The Morgan fingerprint density at radius 3 is 1.43 bits per heavy atom. The molecule has 4 rings (SSSR count). The summed E-state index contributed by atoms with van der Waals surface area (Å²) in [5, 5.41) is 4.97. The van der Waals surface area contributed by atoms with Gasteiger partial charge in [-0.2, -0.15) is 0 Å². The lowest BCUT2D eigenvalue weighted by atomic mass is 9.97. The normalized spacial score (nSPS) is 11.6. The number of carbonyl (C=O) groups excluding carboxylic acids is 1. The van der Waals surface area contributed by atoms with Crippen molar-refractivity contribution in [2.75, 3.05) is 126 Å². The summed E-state index contributed by atoms with van der Waals surface area (Å²) in [6.45, 7) is 9.91. The predicted octanol–water partition coefficient (Wildman–Crippen LogP) is 3.84. The number of aromatic nitrogens is 2. The fourth-order valence-corrected chi connectivity index (χ4v) is 5.42. The molecule has 0 aliphatic carbocycles. The SMILES string of the molecule is COCCOCCOCCOCCOCCOCCOCCOCCOCCOC(=O)CCn1cc[n+](Cc2c3ccccc3cc3ccccc23)c1. The largest absolute Gasteiger partial charge is 0.463 e. The lowest BCUT2D eigenvalue weighted by molar-refractivity contribution is -0.687. The van der Waals surface area contributed by atoms with Gasteiger partial charge in [0.2, 0.25) is 6.33 Å². The molecule has 0 spiro atoms. The summed E-state index contributed by atoms with van der Waals surface area (Å²) in [4.78, 5) is 12.3. The number of hydrogen-bond donors (Lipinski definition) is 0. The highest BCUT2D eigenvalue weighted by Crippen LogP contribution is 2.28. The topological polar surface area (TPSA) is 118 Å². The minimum atomic E-state index is -0.252. The van der Waals surface area contributed by atoms with Crippen LogP contribution in [0.4, 0.5) is 0 Å². The van der Waals surface area contributed by atoms with E-state index in [1.807, 2.05) is 23.3 Å². The monoisotopic (exact) mass is 741 g/mol. The van der Waals surface area contributed by atoms with Crippen LogP contribution < -0.4 is 4.57 Å². The Kier molecular flexibility index (Phi) is 21.6. The quantitative estimate of drug-likeness (QED) is 0.0315. The Labute approximate surface area is 312 Å². The van der Waals surface area contributed by atoms with Gasteiger partial charge in [-0.25, -0.2) is 9.13 Å². The van der Waals surface area contributed by atoms with Crippen LogP contribution in [0.2, 0.25) is 0 Å². The van der Waals surface area contributed by atoms with E-state index in [0.717, 1.165) is 6.54 Å². The highest BCUT2D eigenvalue weighted by Gasteiger charge is 2.13. The van der Waals surface area contributed by atoms with Crippen LogP contribution in [-0.4, -0.2) is 137 Å². The van der Waals surface area contributed by atoms with E-state index in [1.54, 1.807) is 7.11 Å². The first kappa shape index (κ1) is 42.2. The molecule has 0 saturated carbocycles. The lowest BCUT2D eigenvalue weighted by Crippen LogP contribution is -2.32. The number of benzene rings is 3. The zero-order valence-electron chi connectivity index (χ0n) is 31.2. The van der Waals surface area contributed by atoms with Gasteiger partial charge in [0.25, 0.3) is 0 Å². The van der Waals surface area contributed by atoms with E-state index in [2.05, 4.69) is 59.2 Å². The molecular formula is C40H57N2O11+. The van der Waals surface area contributed by atoms with Gasteiger partial charge in [0.1, 0.15) is 32.1 Å². The maximum atomic E-state index is 12.3. The first-order chi connectivity index (χ1) is 26.2. The van der Waals surface area contributed by atoms with Crippen LogP contribution in [0.25, 0.3) is 21.5 Å². The highest BCUT2D eigenvalue weighted by atomic mass is 16.6. The number of rotatable bonds is 32. The van der Waals surface area contributed by atoms with Gasteiger partial charge in [-0.1, -0.05) is 48.5 Å². The number of methoxy groups -OCH3 is 1. The molecule has 13 heteroatoms. The van der Waals surface area contributed by atoms with E-state index in [-0.39, 0.29) is 19.0 Å². The third-order valence-corrected chi connectivity index (χ3v) is 8.07. The van der Waals surface area contributed by atoms with Crippen molar-refractivity contribution < 1.29 is 56.7 Å². The van der Waals surface area contributed by atoms with Crippen LogP contribution in [0.3, 0.4) is 0 Å². The molecule has 1 heterocycles. The summed E-state index contributed by atoms with van der Waals surface area (Å²) in [6.07, 6.45) is 6.35. The summed E-state index contributed by atoms with van der Waals surface area (Å²) in [5.74, 6) is -0.252. The number of nitrogens with zero attached hydrogens (tertiary/aromatic N) is 2. The fraction of sp³-hybridized carbons (Fsp3) is 0.550. The van der Waals surface area contributed by atoms with Gasteiger partial charge < -0.3 is 47.4 Å². The molecule has 0 unspecified atom stereocenters. The van der Waals surface area contributed by atoms with Crippen LogP contribution in [0.5, 0.6) is 0 Å². The van der Waals surface area contributed by atoms with Crippen molar-refractivity contribution in [2.45, 2.75) is 19.5 Å². The second-order valence-electron chi connectivity index (χ2n) is 12.0. The zero-order valence-corrected chi connectivity index (χ0v) is 31.2. The minimum absolute atomic E-state index is 0.211. The minimum Gasteiger partial charge on any atom is -0.463 e. The molecule has 0 fully saturated rings. The molecule has 0 aliphatic heterocycles.